The molecular weight excluding hydrogens is 633 g/mol. The van der Waals surface area contributed by atoms with Crippen LogP contribution in [0.15, 0.2) is 24.3 Å². The maximum Gasteiger partial charge on any atom is 0.0796 e. The molecule has 0 rings (SSSR count). The molecule has 4 heteroatoms. The summed E-state index contributed by atoms with van der Waals surface area (Å²) in [6.07, 6.45) is 53.5. The van der Waals surface area contributed by atoms with Crippen LogP contribution >= 0.6 is 0 Å². The van der Waals surface area contributed by atoms with Crippen LogP contribution in [0.1, 0.15) is 219 Å². The van der Waals surface area contributed by atoms with Crippen LogP contribution in [0.25, 0.3) is 0 Å². The van der Waals surface area contributed by atoms with E-state index in [2.05, 4.69) is 52.2 Å². The number of nitrogens with zero attached hydrogens (tertiary/aromatic N) is 2. The fourth-order valence-electron chi connectivity index (χ4n) is 8.09. The molecule has 0 spiro atoms. The lowest BCUT2D eigenvalue weighted by atomic mass is 10.1. The Bertz CT molecular complexity index is 689. The van der Waals surface area contributed by atoms with E-state index in [1.54, 1.807) is 0 Å². The zero-order chi connectivity index (χ0) is 38.1. The van der Waals surface area contributed by atoms with Gasteiger partial charge in [-0.1, -0.05) is 141 Å². The van der Waals surface area contributed by atoms with E-state index in [0.717, 1.165) is 25.9 Å². The van der Waals surface area contributed by atoms with Crippen molar-refractivity contribution >= 4 is 0 Å². The second-order valence-corrected chi connectivity index (χ2v) is 17.4. The molecule has 4 nitrogen and oxygen atoms in total. The predicted octanol–water partition coefficient (Wildman–Crippen LogP) is 13.4. The Morgan fingerprint density at radius 2 is 0.500 bits per heavy atom. The lowest BCUT2D eigenvalue weighted by Gasteiger charge is -2.37. The van der Waals surface area contributed by atoms with Gasteiger partial charge in [0.1, 0.15) is 0 Å². The fraction of sp³-hybridized carbons (Fsp3) is 0.917. The van der Waals surface area contributed by atoms with E-state index in [1.807, 2.05) is 0 Å². The van der Waals surface area contributed by atoms with Crippen molar-refractivity contribution in [2.45, 2.75) is 219 Å². The number of unbranched alkanes of at least 4 members (excludes halogenated alkanes) is 25. The zero-order valence-corrected chi connectivity index (χ0v) is 36.6. The van der Waals surface area contributed by atoms with E-state index in [0.29, 0.717) is 0 Å². The molecule has 0 heterocycles. The van der Waals surface area contributed by atoms with Gasteiger partial charge in [-0.25, -0.2) is 0 Å². The molecule has 0 saturated carbocycles. The SMILES string of the molecule is CCCCCCCCC=CCCCCCCCC[N+](C)(CCCN)CCCC[N+](C)(CCCN)CCCCCCCCC=CCCCCCCCC. The van der Waals surface area contributed by atoms with Crippen LogP contribution in [0.3, 0.4) is 0 Å². The van der Waals surface area contributed by atoms with E-state index in [9.17, 15) is 0 Å². The maximum atomic E-state index is 5.99. The van der Waals surface area contributed by atoms with Gasteiger partial charge in [0.15, 0.2) is 0 Å². The Balaban J connectivity index is 4.13. The standard InChI is InChI=1S/C48H100N4/c1-5-7-9-11-13-15-17-19-21-23-25-27-29-31-33-35-43-51(3,47-39-41-49)45-37-38-46-52(4,48-40-42-50)44-36-34-32-30-28-26-24-22-20-18-16-14-12-10-8-6-2/h19-22H,5-18,23-50H2,1-4H3/q+2. The Labute approximate surface area is 329 Å². The van der Waals surface area contributed by atoms with Crippen LogP contribution in [0, 0.1) is 0 Å². The zero-order valence-electron chi connectivity index (χ0n) is 36.6. The van der Waals surface area contributed by atoms with Crippen molar-refractivity contribution in [2.75, 3.05) is 66.5 Å². The number of nitrogens with two attached hydrogens (primary N) is 2. The van der Waals surface area contributed by atoms with E-state index in [1.165, 1.54) is 241 Å². The van der Waals surface area contributed by atoms with Gasteiger partial charge in [-0.05, 0) is 90.1 Å². The minimum absolute atomic E-state index is 0.825. The summed E-state index contributed by atoms with van der Waals surface area (Å²) in [4.78, 5) is 0. The first-order valence-corrected chi connectivity index (χ1v) is 23.8. The lowest BCUT2D eigenvalue weighted by molar-refractivity contribution is -0.916. The van der Waals surface area contributed by atoms with Crippen molar-refractivity contribution in [1.29, 1.82) is 0 Å². The Morgan fingerprint density at radius 3 is 0.769 bits per heavy atom. The molecule has 0 fully saturated rings. The van der Waals surface area contributed by atoms with Crippen molar-refractivity contribution in [2.24, 2.45) is 11.5 Å². The molecule has 4 N–H and O–H groups in total. The third-order valence-corrected chi connectivity index (χ3v) is 11.9. The number of hydrogen-bond acceptors (Lipinski definition) is 2. The van der Waals surface area contributed by atoms with Gasteiger partial charge < -0.3 is 20.4 Å². The van der Waals surface area contributed by atoms with Gasteiger partial charge in [0.2, 0.25) is 0 Å². The van der Waals surface area contributed by atoms with Crippen LogP contribution in [0.5, 0.6) is 0 Å². The van der Waals surface area contributed by atoms with Gasteiger partial charge in [-0.15, -0.1) is 0 Å². The normalized spacial score (nSPS) is 14.5. The van der Waals surface area contributed by atoms with E-state index in [-0.39, 0.29) is 0 Å². The molecule has 2 unspecified atom stereocenters. The smallest absolute Gasteiger partial charge is 0.0796 e. The number of rotatable bonds is 43. The lowest BCUT2D eigenvalue weighted by Crippen LogP contribution is -2.48. The van der Waals surface area contributed by atoms with Crippen molar-refractivity contribution in [1.82, 2.24) is 0 Å². The average Bonchev–Trinajstić information content (AvgIpc) is 3.14. The molecule has 0 bridgehead atoms. The number of hydrogen-bond donors (Lipinski definition) is 2. The Morgan fingerprint density at radius 1 is 0.288 bits per heavy atom. The Kier molecular flexibility index (Phi) is 39.5. The molecule has 2 atom stereocenters. The monoisotopic (exact) mass is 733 g/mol. The molecule has 0 aromatic carbocycles. The minimum Gasteiger partial charge on any atom is -0.330 e. The summed E-state index contributed by atoms with van der Waals surface area (Å²) in [5, 5.41) is 0. The molecule has 0 aliphatic carbocycles. The van der Waals surface area contributed by atoms with E-state index < -0.39 is 0 Å². The van der Waals surface area contributed by atoms with E-state index >= 15 is 0 Å². The summed E-state index contributed by atoms with van der Waals surface area (Å²) in [7, 11) is 5.03. The van der Waals surface area contributed by atoms with Gasteiger partial charge in [0.05, 0.1) is 53.4 Å². The van der Waals surface area contributed by atoms with Gasteiger partial charge in [-0.3, -0.25) is 0 Å². The van der Waals surface area contributed by atoms with Gasteiger partial charge >= 0.3 is 0 Å². The summed E-state index contributed by atoms with van der Waals surface area (Å²) >= 11 is 0. The van der Waals surface area contributed by atoms with Crippen molar-refractivity contribution in [3.63, 3.8) is 0 Å². The number of allylic oxidation sites excluding steroid dienone is 4. The highest BCUT2D eigenvalue weighted by molar-refractivity contribution is 4.82. The second-order valence-electron chi connectivity index (χ2n) is 17.4. The van der Waals surface area contributed by atoms with Gasteiger partial charge in [-0.2, -0.15) is 0 Å². The first-order valence-electron chi connectivity index (χ1n) is 23.8. The summed E-state index contributed by atoms with van der Waals surface area (Å²) in [6.45, 7) is 14.0. The highest BCUT2D eigenvalue weighted by atomic mass is 15.3. The van der Waals surface area contributed by atoms with Crippen LogP contribution in [-0.2, 0) is 0 Å². The second kappa shape index (κ2) is 40.0. The van der Waals surface area contributed by atoms with Crippen molar-refractivity contribution < 1.29 is 8.97 Å². The quantitative estimate of drug-likeness (QED) is 0.0372. The first kappa shape index (κ1) is 51.3. The van der Waals surface area contributed by atoms with Gasteiger partial charge in [0, 0.05) is 25.7 Å². The topological polar surface area (TPSA) is 52.0 Å². The maximum absolute atomic E-state index is 5.99. The molecular formula is C48H100N4+2. The summed E-state index contributed by atoms with van der Waals surface area (Å²) in [5.41, 5.74) is 12.0. The van der Waals surface area contributed by atoms with Crippen molar-refractivity contribution in [3.05, 3.63) is 24.3 Å². The van der Waals surface area contributed by atoms with Crippen LogP contribution in [0.4, 0.5) is 0 Å². The molecule has 0 aromatic rings. The summed E-state index contributed by atoms with van der Waals surface area (Å²) < 4.78 is 2.45. The molecule has 0 radical (unpaired) electrons. The Hall–Kier alpha value is -0.680. The van der Waals surface area contributed by atoms with Crippen LogP contribution in [-0.4, -0.2) is 75.4 Å². The van der Waals surface area contributed by atoms with Crippen LogP contribution in [0.2, 0.25) is 0 Å². The molecule has 52 heavy (non-hydrogen) atoms. The third-order valence-electron chi connectivity index (χ3n) is 11.9. The highest BCUT2D eigenvalue weighted by Crippen LogP contribution is 2.17. The summed E-state index contributed by atoms with van der Waals surface area (Å²) in [5.74, 6) is 0. The van der Waals surface area contributed by atoms with Gasteiger partial charge in [0.25, 0.3) is 0 Å². The van der Waals surface area contributed by atoms with E-state index in [4.69, 9.17) is 11.5 Å². The third kappa shape index (κ3) is 36.3. The fourth-order valence-corrected chi connectivity index (χ4v) is 8.09. The highest BCUT2D eigenvalue weighted by Gasteiger charge is 2.23. The van der Waals surface area contributed by atoms with Crippen LogP contribution < -0.4 is 11.5 Å². The largest absolute Gasteiger partial charge is 0.330 e. The molecule has 0 aromatic heterocycles. The molecule has 0 saturated heterocycles. The number of quaternary nitrogens is 2. The summed E-state index contributed by atoms with van der Waals surface area (Å²) in [6, 6.07) is 0. The molecule has 310 valence electrons. The molecule has 0 aliphatic heterocycles. The molecule has 0 aliphatic rings. The first-order chi connectivity index (χ1) is 25.4. The predicted molar refractivity (Wildman–Crippen MR) is 237 cm³/mol. The molecule has 0 amide bonds. The average molecular weight is 733 g/mol. The van der Waals surface area contributed by atoms with Crippen molar-refractivity contribution in [3.8, 4) is 0 Å². The minimum atomic E-state index is 0.825.